The van der Waals surface area contributed by atoms with Gasteiger partial charge in [-0.2, -0.15) is 0 Å². The van der Waals surface area contributed by atoms with E-state index in [0.717, 1.165) is 5.56 Å². The molecule has 0 aromatic heterocycles. The smallest absolute Gasteiger partial charge is 0.337 e. The fraction of sp³-hybridized carbons (Fsp3) is 0.130. The van der Waals surface area contributed by atoms with Gasteiger partial charge in [0.1, 0.15) is 5.60 Å². The molecule has 2 aromatic carbocycles. The molecule has 0 saturated carbocycles. The summed E-state index contributed by atoms with van der Waals surface area (Å²) in [7, 11) is 1.31. The van der Waals surface area contributed by atoms with Gasteiger partial charge >= 0.3 is 5.97 Å². The summed E-state index contributed by atoms with van der Waals surface area (Å²) in [4.78, 5) is 23.7. The number of halogens is 1. The van der Waals surface area contributed by atoms with Gasteiger partial charge in [0.2, 0.25) is 0 Å². The van der Waals surface area contributed by atoms with Crippen molar-refractivity contribution in [3.63, 3.8) is 0 Å². The first-order chi connectivity index (χ1) is 13.4. The molecule has 0 saturated heterocycles. The molecule has 1 N–H and O–H groups in total. The van der Waals surface area contributed by atoms with Crippen LogP contribution in [-0.2, 0) is 9.53 Å². The first kappa shape index (κ1) is 19.6. The number of carbonyl (C=O) groups excluding carboxylic acids is 2. The maximum absolute atomic E-state index is 12.2. The van der Waals surface area contributed by atoms with Gasteiger partial charge in [0.05, 0.1) is 12.7 Å². The minimum absolute atomic E-state index is 0.0734. The SMILES string of the molecule is COC(=O)c1ccc(/C=C2/C(=O)C=CC2(O)CC#Cc2ccc(Cl)cc2)cc1. The van der Waals surface area contributed by atoms with Crippen molar-refractivity contribution in [2.75, 3.05) is 7.11 Å². The number of hydrogen-bond donors (Lipinski definition) is 1. The molecule has 1 aliphatic carbocycles. The fourth-order valence-corrected chi connectivity index (χ4v) is 2.90. The number of methoxy groups -OCH3 is 1. The number of ether oxygens (including phenoxy) is 1. The Balaban J connectivity index is 1.81. The summed E-state index contributed by atoms with van der Waals surface area (Å²) in [6.45, 7) is 0. The molecule has 2 aromatic rings. The molecule has 1 unspecified atom stereocenters. The highest BCUT2D eigenvalue weighted by molar-refractivity contribution is 6.30. The second-order valence-electron chi connectivity index (χ2n) is 6.28. The standard InChI is InChI=1S/C23H17ClO4/c1-28-22(26)18-8-4-17(5-9-18)15-20-21(25)12-14-23(20,27)13-2-3-16-6-10-19(24)11-7-16/h4-12,14-15,27H,13H2,1H3/b20-15-. The Bertz CT molecular complexity index is 1020. The van der Waals surface area contributed by atoms with E-state index in [9.17, 15) is 14.7 Å². The van der Waals surface area contributed by atoms with Crippen molar-refractivity contribution >= 4 is 29.4 Å². The fourth-order valence-electron chi connectivity index (χ4n) is 2.77. The Morgan fingerprint density at radius 1 is 1.18 bits per heavy atom. The third kappa shape index (κ3) is 4.40. The lowest BCUT2D eigenvalue weighted by atomic mass is 9.91. The Labute approximate surface area is 168 Å². The molecular weight excluding hydrogens is 376 g/mol. The van der Waals surface area contributed by atoms with Gasteiger partial charge in [-0.1, -0.05) is 35.6 Å². The number of esters is 1. The summed E-state index contributed by atoms with van der Waals surface area (Å²) >= 11 is 5.85. The Kier molecular flexibility index (Phi) is 5.79. The highest BCUT2D eigenvalue weighted by Gasteiger charge is 2.36. The van der Waals surface area contributed by atoms with Crippen LogP contribution < -0.4 is 0 Å². The topological polar surface area (TPSA) is 63.6 Å². The van der Waals surface area contributed by atoms with Crippen molar-refractivity contribution in [1.82, 2.24) is 0 Å². The molecule has 4 nitrogen and oxygen atoms in total. The molecule has 1 aliphatic rings. The summed E-state index contributed by atoms with van der Waals surface area (Å²) in [5, 5.41) is 11.5. The van der Waals surface area contributed by atoms with Crippen molar-refractivity contribution in [3.8, 4) is 11.8 Å². The van der Waals surface area contributed by atoms with Crippen LogP contribution in [0.1, 0.15) is 27.9 Å². The quantitative estimate of drug-likeness (QED) is 0.490. The zero-order chi connectivity index (χ0) is 20.1. The second kappa shape index (κ2) is 8.26. The lowest BCUT2D eigenvalue weighted by Gasteiger charge is -2.19. The second-order valence-corrected chi connectivity index (χ2v) is 6.72. The Morgan fingerprint density at radius 2 is 1.86 bits per heavy atom. The van der Waals surface area contributed by atoms with E-state index in [1.54, 1.807) is 54.6 Å². The van der Waals surface area contributed by atoms with Crippen molar-refractivity contribution in [2.24, 2.45) is 0 Å². The summed E-state index contributed by atoms with van der Waals surface area (Å²) in [6, 6.07) is 13.6. The molecule has 0 amide bonds. The molecule has 140 valence electrons. The molecule has 0 aliphatic heterocycles. The number of aliphatic hydroxyl groups is 1. The predicted molar refractivity (Wildman–Crippen MR) is 108 cm³/mol. The van der Waals surface area contributed by atoms with Gasteiger partial charge in [-0.05, 0) is 60.2 Å². The molecule has 3 rings (SSSR count). The lowest BCUT2D eigenvalue weighted by Crippen LogP contribution is -2.27. The molecule has 5 heteroatoms. The van der Waals surface area contributed by atoms with Crippen molar-refractivity contribution in [2.45, 2.75) is 12.0 Å². The molecule has 1 atom stereocenters. The van der Waals surface area contributed by atoms with Gasteiger partial charge in [-0.15, -0.1) is 0 Å². The summed E-state index contributed by atoms with van der Waals surface area (Å²) in [5.41, 5.74) is 0.639. The van der Waals surface area contributed by atoms with Crippen LogP contribution in [0.5, 0.6) is 0 Å². The summed E-state index contributed by atoms with van der Waals surface area (Å²) in [6.07, 6.45) is 4.48. The Morgan fingerprint density at radius 3 is 2.50 bits per heavy atom. The molecular formula is C23H17ClO4. The number of hydrogen-bond acceptors (Lipinski definition) is 4. The normalized spacial score (nSPS) is 19.4. The zero-order valence-electron chi connectivity index (χ0n) is 15.1. The number of allylic oxidation sites excluding steroid dienone is 1. The summed E-state index contributed by atoms with van der Waals surface area (Å²) in [5.74, 6) is 5.17. The monoisotopic (exact) mass is 392 g/mol. The Hall–Kier alpha value is -3.13. The van der Waals surface area contributed by atoms with Gasteiger partial charge in [0, 0.05) is 22.6 Å². The van der Waals surface area contributed by atoms with Crippen LogP contribution in [0.25, 0.3) is 6.08 Å². The van der Waals surface area contributed by atoms with E-state index in [4.69, 9.17) is 11.6 Å². The maximum atomic E-state index is 12.2. The first-order valence-corrected chi connectivity index (χ1v) is 8.90. The van der Waals surface area contributed by atoms with E-state index in [0.29, 0.717) is 16.1 Å². The van der Waals surface area contributed by atoms with Gasteiger partial charge in [-0.25, -0.2) is 4.79 Å². The van der Waals surface area contributed by atoms with Crippen LogP contribution in [0, 0.1) is 11.8 Å². The van der Waals surface area contributed by atoms with E-state index < -0.39 is 11.6 Å². The third-order valence-electron chi connectivity index (χ3n) is 4.32. The van der Waals surface area contributed by atoms with Gasteiger partial charge < -0.3 is 9.84 Å². The lowest BCUT2D eigenvalue weighted by molar-refractivity contribution is -0.111. The largest absolute Gasteiger partial charge is 0.465 e. The van der Waals surface area contributed by atoms with Gasteiger partial charge in [0.25, 0.3) is 0 Å². The van der Waals surface area contributed by atoms with Crippen LogP contribution in [-0.4, -0.2) is 29.6 Å². The van der Waals surface area contributed by atoms with Gasteiger partial charge in [-0.3, -0.25) is 4.79 Å². The number of benzene rings is 2. The minimum Gasteiger partial charge on any atom is -0.465 e. The van der Waals surface area contributed by atoms with Crippen LogP contribution >= 0.6 is 11.6 Å². The highest BCUT2D eigenvalue weighted by Crippen LogP contribution is 2.31. The first-order valence-electron chi connectivity index (χ1n) is 8.52. The van der Waals surface area contributed by atoms with E-state index in [1.165, 1.54) is 19.3 Å². The van der Waals surface area contributed by atoms with Crippen LogP contribution in [0.2, 0.25) is 5.02 Å². The molecule has 0 heterocycles. The molecule has 0 spiro atoms. The van der Waals surface area contributed by atoms with Gasteiger partial charge in [0.15, 0.2) is 5.78 Å². The molecule has 28 heavy (non-hydrogen) atoms. The van der Waals surface area contributed by atoms with E-state index in [-0.39, 0.29) is 17.8 Å². The van der Waals surface area contributed by atoms with Crippen molar-refractivity contribution in [1.29, 1.82) is 0 Å². The zero-order valence-corrected chi connectivity index (χ0v) is 15.9. The van der Waals surface area contributed by atoms with Crippen LogP contribution in [0.3, 0.4) is 0 Å². The minimum atomic E-state index is -1.46. The molecule has 0 radical (unpaired) electrons. The average Bonchev–Trinajstić information content (AvgIpc) is 2.98. The average molecular weight is 393 g/mol. The van der Waals surface area contributed by atoms with Crippen molar-refractivity contribution in [3.05, 3.63) is 88.0 Å². The van der Waals surface area contributed by atoms with Crippen LogP contribution in [0.15, 0.2) is 66.3 Å². The van der Waals surface area contributed by atoms with Crippen LogP contribution in [0.4, 0.5) is 0 Å². The van der Waals surface area contributed by atoms with E-state index in [1.807, 2.05) is 0 Å². The number of carbonyl (C=O) groups is 2. The van der Waals surface area contributed by atoms with E-state index >= 15 is 0 Å². The summed E-state index contributed by atoms with van der Waals surface area (Å²) < 4.78 is 4.67. The number of ketones is 1. The number of rotatable bonds is 3. The van der Waals surface area contributed by atoms with E-state index in [2.05, 4.69) is 16.6 Å². The third-order valence-corrected chi connectivity index (χ3v) is 4.57. The highest BCUT2D eigenvalue weighted by atomic mass is 35.5. The predicted octanol–water partition coefficient (Wildman–Crippen LogP) is 3.82. The molecule has 0 fully saturated rings. The maximum Gasteiger partial charge on any atom is 0.337 e. The molecule has 0 bridgehead atoms. The van der Waals surface area contributed by atoms with Crippen molar-refractivity contribution < 1.29 is 19.4 Å².